The summed E-state index contributed by atoms with van der Waals surface area (Å²) in [5, 5.41) is 11.8. The number of nitrogens with zero attached hydrogens (tertiary/aromatic N) is 6. The standard InChI is InChI=1S/C22H27N7/c1-16(2)18-8-6-7-17(3)21(18)26-22-25-20(15-24-27-22)29-13-11-28(12-14-29)19-9-4-5-10-23-19/h4-10,15-16H,11-14H2,1-3H3,(H,25,26,27). The molecule has 0 amide bonds. The first-order valence-electron chi connectivity index (χ1n) is 10.1. The molecule has 4 rings (SSSR count). The Morgan fingerprint density at radius 2 is 1.69 bits per heavy atom. The highest BCUT2D eigenvalue weighted by molar-refractivity contribution is 5.64. The van der Waals surface area contributed by atoms with Crippen LogP contribution in [-0.4, -0.2) is 46.3 Å². The lowest BCUT2D eigenvalue weighted by molar-refractivity contribution is 0.639. The minimum absolute atomic E-state index is 0.410. The van der Waals surface area contributed by atoms with Gasteiger partial charge in [-0.15, -0.1) is 5.10 Å². The molecule has 0 aliphatic carbocycles. The van der Waals surface area contributed by atoms with Gasteiger partial charge in [0.1, 0.15) is 5.82 Å². The average Bonchev–Trinajstić information content (AvgIpc) is 2.76. The minimum Gasteiger partial charge on any atom is -0.353 e. The minimum atomic E-state index is 0.410. The molecule has 7 heteroatoms. The highest BCUT2D eigenvalue weighted by Crippen LogP contribution is 2.29. The zero-order valence-corrected chi connectivity index (χ0v) is 17.2. The second-order valence-corrected chi connectivity index (χ2v) is 7.62. The van der Waals surface area contributed by atoms with Crippen molar-refractivity contribution < 1.29 is 0 Å². The van der Waals surface area contributed by atoms with Crippen molar-refractivity contribution in [3.8, 4) is 0 Å². The van der Waals surface area contributed by atoms with Crippen molar-refractivity contribution in [1.82, 2.24) is 20.2 Å². The van der Waals surface area contributed by atoms with E-state index in [1.165, 1.54) is 11.1 Å². The molecule has 3 heterocycles. The normalized spacial score (nSPS) is 14.3. The van der Waals surface area contributed by atoms with Gasteiger partial charge in [-0.25, -0.2) is 4.98 Å². The second kappa shape index (κ2) is 8.43. The molecule has 0 unspecified atom stereocenters. The van der Waals surface area contributed by atoms with E-state index in [4.69, 9.17) is 4.98 Å². The number of hydrogen-bond donors (Lipinski definition) is 1. The number of hydrogen-bond acceptors (Lipinski definition) is 7. The van der Waals surface area contributed by atoms with Gasteiger partial charge in [0.05, 0.1) is 6.20 Å². The third-order valence-electron chi connectivity index (χ3n) is 5.29. The SMILES string of the molecule is Cc1cccc(C(C)C)c1Nc1nncc(N2CCN(c3ccccn3)CC2)n1. The summed E-state index contributed by atoms with van der Waals surface area (Å²) in [6, 6.07) is 12.4. The Bertz CT molecular complexity index is 950. The lowest BCUT2D eigenvalue weighted by Crippen LogP contribution is -2.47. The number of benzene rings is 1. The monoisotopic (exact) mass is 389 g/mol. The van der Waals surface area contributed by atoms with Gasteiger partial charge < -0.3 is 15.1 Å². The molecule has 2 aromatic heterocycles. The molecule has 1 aliphatic rings. The first-order valence-corrected chi connectivity index (χ1v) is 10.1. The maximum atomic E-state index is 4.74. The van der Waals surface area contributed by atoms with E-state index in [-0.39, 0.29) is 0 Å². The van der Waals surface area contributed by atoms with Crippen LogP contribution in [0, 0.1) is 6.92 Å². The Hall–Kier alpha value is -3.22. The molecule has 3 aromatic rings. The van der Waals surface area contributed by atoms with Crippen LogP contribution in [0.25, 0.3) is 0 Å². The number of anilines is 4. The summed E-state index contributed by atoms with van der Waals surface area (Å²) >= 11 is 0. The van der Waals surface area contributed by atoms with Crippen LogP contribution in [0.2, 0.25) is 0 Å². The number of nitrogens with one attached hydrogen (secondary N) is 1. The van der Waals surface area contributed by atoms with Gasteiger partial charge in [0.2, 0.25) is 5.95 Å². The number of aromatic nitrogens is 4. The summed E-state index contributed by atoms with van der Waals surface area (Å²) in [4.78, 5) is 13.7. The number of rotatable bonds is 5. The fraction of sp³-hybridized carbons (Fsp3) is 0.364. The van der Waals surface area contributed by atoms with Crippen LogP contribution in [0.15, 0.2) is 48.8 Å². The topological polar surface area (TPSA) is 70.1 Å². The maximum Gasteiger partial charge on any atom is 0.249 e. The molecular weight excluding hydrogens is 362 g/mol. The highest BCUT2D eigenvalue weighted by atomic mass is 15.3. The molecule has 29 heavy (non-hydrogen) atoms. The third kappa shape index (κ3) is 4.29. The van der Waals surface area contributed by atoms with Crippen molar-refractivity contribution >= 4 is 23.3 Å². The van der Waals surface area contributed by atoms with Crippen LogP contribution in [0.3, 0.4) is 0 Å². The number of aryl methyl sites for hydroxylation is 1. The molecule has 0 atom stereocenters. The van der Waals surface area contributed by atoms with E-state index in [9.17, 15) is 0 Å². The van der Waals surface area contributed by atoms with E-state index in [0.29, 0.717) is 11.9 Å². The van der Waals surface area contributed by atoms with E-state index in [2.05, 4.69) is 75.3 Å². The first kappa shape index (κ1) is 19.1. The van der Waals surface area contributed by atoms with Gasteiger partial charge in [0.25, 0.3) is 0 Å². The van der Waals surface area contributed by atoms with Crippen molar-refractivity contribution in [2.45, 2.75) is 26.7 Å². The molecule has 0 spiro atoms. The summed E-state index contributed by atoms with van der Waals surface area (Å²) in [5.74, 6) is 2.82. The molecule has 0 radical (unpaired) electrons. The number of pyridine rings is 1. The first-order chi connectivity index (χ1) is 14.1. The summed E-state index contributed by atoms with van der Waals surface area (Å²) in [7, 11) is 0. The van der Waals surface area contributed by atoms with Gasteiger partial charge in [-0.2, -0.15) is 10.1 Å². The lowest BCUT2D eigenvalue weighted by Gasteiger charge is -2.35. The molecule has 7 nitrogen and oxygen atoms in total. The summed E-state index contributed by atoms with van der Waals surface area (Å²) in [6.07, 6.45) is 3.58. The van der Waals surface area contributed by atoms with E-state index >= 15 is 0 Å². The Morgan fingerprint density at radius 1 is 0.931 bits per heavy atom. The van der Waals surface area contributed by atoms with Crippen LogP contribution in [0.5, 0.6) is 0 Å². The van der Waals surface area contributed by atoms with E-state index < -0.39 is 0 Å². The number of piperazine rings is 1. The van der Waals surface area contributed by atoms with Crippen molar-refractivity contribution in [3.63, 3.8) is 0 Å². The van der Waals surface area contributed by atoms with Crippen LogP contribution in [0.4, 0.5) is 23.3 Å². The van der Waals surface area contributed by atoms with Gasteiger partial charge in [0.15, 0.2) is 5.82 Å². The molecule has 1 N–H and O–H groups in total. The predicted octanol–water partition coefficient (Wildman–Crippen LogP) is 3.77. The van der Waals surface area contributed by atoms with Crippen molar-refractivity contribution in [1.29, 1.82) is 0 Å². The van der Waals surface area contributed by atoms with Gasteiger partial charge in [-0.05, 0) is 36.1 Å². The van der Waals surface area contributed by atoms with Gasteiger partial charge in [-0.3, -0.25) is 0 Å². The maximum absolute atomic E-state index is 4.74. The second-order valence-electron chi connectivity index (χ2n) is 7.62. The fourth-order valence-electron chi connectivity index (χ4n) is 3.66. The zero-order chi connectivity index (χ0) is 20.2. The van der Waals surface area contributed by atoms with Crippen LogP contribution < -0.4 is 15.1 Å². The Balaban J connectivity index is 1.48. The quantitative estimate of drug-likeness (QED) is 0.712. The molecule has 1 saturated heterocycles. The summed E-state index contributed by atoms with van der Waals surface area (Å²) in [6.45, 7) is 10.0. The van der Waals surface area contributed by atoms with E-state index in [0.717, 1.165) is 43.5 Å². The molecule has 0 saturated carbocycles. The average molecular weight is 390 g/mol. The van der Waals surface area contributed by atoms with Crippen molar-refractivity contribution in [2.24, 2.45) is 0 Å². The van der Waals surface area contributed by atoms with Crippen LogP contribution in [-0.2, 0) is 0 Å². The van der Waals surface area contributed by atoms with Gasteiger partial charge in [-0.1, -0.05) is 38.1 Å². The van der Waals surface area contributed by atoms with E-state index in [1.54, 1.807) is 6.20 Å². The smallest absolute Gasteiger partial charge is 0.249 e. The predicted molar refractivity (Wildman–Crippen MR) is 117 cm³/mol. The zero-order valence-electron chi connectivity index (χ0n) is 17.2. The van der Waals surface area contributed by atoms with E-state index in [1.807, 2.05) is 18.3 Å². The summed E-state index contributed by atoms with van der Waals surface area (Å²) in [5.41, 5.74) is 3.50. The lowest BCUT2D eigenvalue weighted by atomic mass is 9.98. The molecule has 1 aliphatic heterocycles. The molecular formula is C22H27N7. The van der Waals surface area contributed by atoms with Gasteiger partial charge in [0, 0.05) is 38.1 Å². The Kier molecular flexibility index (Phi) is 5.55. The van der Waals surface area contributed by atoms with Crippen molar-refractivity contribution in [3.05, 3.63) is 59.9 Å². The highest BCUT2D eigenvalue weighted by Gasteiger charge is 2.20. The molecule has 150 valence electrons. The van der Waals surface area contributed by atoms with Crippen LogP contribution >= 0.6 is 0 Å². The fourth-order valence-corrected chi connectivity index (χ4v) is 3.66. The van der Waals surface area contributed by atoms with Gasteiger partial charge >= 0.3 is 0 Å². The Labute approximate surface area is 171 Å². The third-order valence-corrected chi connectivity index (χ3v) is 5.29. The number of para-hydroxylation sites is 1. The summed E-state index contributed by atoms with van der Waals surface area (Å²) < 4.78 is 0. The Morgan fingerprint density at radius 3 is 2.38 bits per heavy atom. The molecule has 0 bridgehead atoms. The largest absolute Gasteiger partial charge is 0.353 e. The van der Waals surface area contributed by atoms with Crippen LogP contribution in [0.1, 0.15) is 30.9 Å². The molecule has 1 fully saturated rings. The van der Waals surface area contributed by atoms with Crippen molar-refractivity contribution in [2.75, 3.05) is 41.3 Å². The molecule has 1 aromatic carbocycles.